The number of nitrogens with zero attached hydrogens (tertiary/aromatic N) is 1. The number of hydrogen-bond acceptors (Lipinski definition) is 3. The van der Waals surface area contributed by atoms with Gasteiger partial charge in [0.25, 0.3) is 10.0 Å². The molecule has 0 radical (unpaired) electrons. The second-order valence-corrected chi connectivity index (χ2v) is 9.30. The van der Waals surface area contributed by atoms with Crippen LogP contribution in [0.3, 0.4) is 0 Å². The van der Waals surface area contributed by atoms with Crippen LogP contribution in [0.2, 0.25) is 0 Å². The van der Waals surface area contributed by atoms with Gasteiger partial charge in [-0.15, -0.1) is 0 Å². The Bertz CT molecular complexity index is 978. The lowest BCUT2D eigenvalue weighted by atomic mass is 9.91. The Labute approximate surface area is 160 Å². The Hall–Kier alpha value is -2.34. The number of aryl methyl sites for hydroxylation is 2. The SMILES string of the molecule is CC(C)c1ccc(S(=O)(=O)Nc2cc3c4c(c2)CCC(=O)N4CCC3)cc1. The van der Waals surface area contributed by atoms with Crippen LogP contribution in [0.1, 0.15) is 49.3 Å². The van der Waals surface area contributed by atoms with Gasteiger partial charge < -0.3 is 4.90 Å². The van der Waals surface area contributed by atoms with Crippen LogP contribution < -0.4 is 9.62 Å². The standard InChI is InChI=1S/C21H24N2O3S/c1-14(2)15-5-8-19(9-6-15)27(25,26)22-18-12-16-4-3-11-23-20(24)10-7-17(13-18)21(16)23/h5-6,8-9,12-14,22H,3-4,7,10-11H2,1-2H3. The molecule has 2 aliphatic rings. The van der Waals surface area contributed by atoms with Crippen molar-refractivity contribution in [3.63, 3.8) is 0 Å². The maximum atomic E-state index is 12.8. The molecular weight excluding hydrogens is 360 g/mol. The molecule has 2 aromatic rings. The van der Waals surface area contributed by atoms with E-state index in [2.05, 4.69) is 18.6 Å². The third-order valence-electron chi connectivity index (χ3n) is 5.38. The van der Waals surface area contributed by atoms with Crippen LogP contribution in [0.4, 0.5) is 11.4 Å². The number of nitrogens with one attached hydrogen (secondary N) is 1. The van der Waals surface area contributed by atoms with Gasteiger partial charge >= 0.3 is 0 Å². The molecule has 0 unspecified atom stereocenters. The fourth-order valence-electron chi connectivity index (χ4n) is 3.96. The van der Waals surface area contributed by atoms with Gasteiger partial charge in [0.15, 0.2) is 0 Å². The zero-order valence-corrected chi connectivity index (χ0v) is 16.5. The molecule has 5 nitrogen and oxygen atoms in total. The minimum absolute atomic E-state index is 0.169. The van der Waals surface area contributed by atoms with E-state index in [-0.39, 0.29) is 10.8 Å². The molecular formula is C21H24N2O3S. The summed E-state index contributed by atoms with van der Waals surface area (Å²) in [5, 5.41) is 0. The Balaban J connectivity index is 1.66. The van der Waals surface area contributed by atoms with Crippen molar-refractivity contribution in [2.75, 3.05) is 16.2 Å². The van der Waals surface area contributed by atoms with Crippen molar-refractivity contribution < 1.29 is 13.2 Å². The number of anilines is 2. The number of sulfonamides is 1. The molecule has 0 saturated heterocycles. The van der Waals surface area contributed by atoms with Crippen LogP contribution in [-0.4, -0.2) is 20.9 Å². The highest BCUT2D eigenvalue weighted by atomic mass is 32.2. The number of rotatable bonds is 4. The van der Waals surface area contributed by atoms with Crippen LogP contribution in [0.15, 0.2) is 41.3 Å². The molecule has 2 aromatic carbocycles. The van der Waals surface area contributed by atoms with Gasteiger partial charge in [-0.3, -0.25) is 9.52 Å². The second-order valence-electron chi connectivity index (χ2n) is 7.62. The van der Waals surface area contributed by atoms with E-state index in [1.165, 1.54) is 0 Å². The van der Waals surface area contributed by atoms with Gasteiger partial charge in [-0.25, -0.2) is 8.42 Å². The van der Waals surface area contributed by atoms with Crippen molar-refractivity contribution >= 4 is 27.3 Å². The van der Waals surface area contributed by atoms with E-state index in [0.717, 1.165) is 41.8 Å². The predicted octanol–water partition coefficient (Wildman–Crippen LogP) is 3.84. The molecule has 0 atom stereocenters. The maximum absolute atomic E-state index is 12.8. The first kappa shape index (κ1) is 18.0. The molecule has 2 heterocycles. The third-order valence-corrected chi connectivity index (χ3v) is 6.78. The van der Waals surface area contributed by atoms with Gasteiger partial charge in [0.05, 0.1) is 10.6 Å². The van der Waals surface area contributed by atoms with Gasteiger partial charge in [-0.1, -0.05) is 26.0 Å². The minimum atomic E-state index is -3.64. The molecule has 1 N–H and O–H groups in total. The Morgan fingerprint density at radius 2 is 1.67 bits per heavy atom. The van der Waals surface area contributed by atoms with Crippen LogP contribution in [0.25, 0.3) is 0 Å². The summed E-state index contributed by atoms with van der Waals surface area (Å²) in [5.74, 6) is 0.524. The monoisotopic (exact) mass is 384 g/mol. The Kier molecular flexibility index (Phi) is 4.46. The fourth-order valence-corrected chi connectivity index (χ4v) is 5.00. The summed E-state index contributed by atoms with van der Waals surface area (Å²) >= 11 is 0. The van der Waals surface area contributed by atoms with E-state index in [9.17, 15) is 13.2 Å². The summed E-state index contributed by atoms with van der Waals surface area (Å²) in [6, 6.07) is 10.8. The molecule has 0 spiro atoms. The lowest BCUT2D eigenvalue weighted by Gasteiger charge is -2.35. The summed E-state index contributed by atoms with van der Waals surface area (Å²) in [7, 11) is -3.64. The Morgan fingerprint density at radius 3 is 2.33 bits per heavy atom. The topological polar surface area (TPSA) is 66.5 Å². The first-order valence-corrected chi connectivity index (χ1v) is 10.9. The van der Waals surface area contributed by atoms with Gasteiger partial charge in [-0.05, 0) is 66.1 Å². The maximum Gasteiger partial charge on any atom is 0.261 e. The van der Waals surface area contributed by atoms with Crippen molar-refractivity contribution in [3.8, 4) is 0 Å². The molecule has 0 fully saturated rings. The summed E-state index contributed by atoms with van der Waals surface area (Å²) in [4.78, 5) is 14.3. The van der Waals surface area contributed by atoms with E-state index in [1.807, 2.05) is 29.2 Å². The average Bonchev–Trinajstić information content (AvgIpc) is 2.64. The zero-order chi connectivity index (χ0) is 19.2. The van der Waals surface area contributed by atoms with E-state index in [1.54, 1.807) is 12.1 Å². The van der Waals surface area contributed by atoms with Gasteiger partial charge in [-0.2, -0.15) is 0 Å². The molecule has 142 valence electrons. The molecule has 0 saturated carbocycles. The van der Waals surface area contributed by atoms with E-state index in [4.69, 9.17) is 0 Å². The van der Waals surface area contributed by atoms with Crippen LogP contribution in [0, 0.1) is 0 Å². The largest absolute Gasteiger partial charge is 0.312 e. The van der Waals surface area contributed by atoms with Crippen LogP contribution in [-0.2, 0) is 27.7 Å². The highest BCUT2D eigenvalue weighted by Crippen LogP contribution is 2.38. The minimum Gasteiger partial charge on any atom is -0.312 e. The number of amides is 1. The van der Waals surface area contributed by atoms with Gasteiger partial charge in [0.2, 0.25) is 5.91 Å². The smallest absolute Gasteiger partial charge is 0.261 e. The van der Waals surface area contributed by atoms with Crippen LogP contribution in [0.5, 0.6) is 0 Å². The van der Waals surface area contributed by atoms with E-state index < -0.39 is 10.0 Å². The number of carbonyl (C=O) groups is 1. The molecule has 2 aliphatic heterocycles. The van der Waals surface area contributed by atoms with Gasteiger partial charge in [0.1, 0.15) is 0 Å². The molecule has 6 heteroatoms. The number of benzene rings is 2. The van der Waals surface area contributed by atoms with Crippen molar-refractivity contribution in [2.24, 2.45) is 0 Å². The molecule has 27 heavy (non-hydrogen) atoms. The molecule has 4 rings (SSSR count). The number of carbonyl (C=O) groups excluding carboxylic acids is 1. The summed E-state index contributed by atoms with van der Waals surface area (Å²) in [6.07, 6.45) is 2.92. The van der Waals surface area contributed by atoms with Crippen molar-refractivity contribution in [3.05, 3.63) is 53.1 Å². The highest BCUT2D eigenvalue weighted by molar-refractivity contribution is 7.92. The molecule has 0 bridgehead atoms. The quantitative estimate of drug-likeness (QED) is 0.871. The lowest BCUT2D eigenvalue weighted by Crippen LogP contribution is -2.39. The fraction of sp³-hybridized carbons (Fsp3) is 0.381. The predicted molar refractivity (Wildman–Crippen MR) is 107 cm³/mol. The normalized spacial score (nSPS) is 16.4. The second kappa shape index (κ2) is 6.68. The summed E-state index contributed by atoms with van der Waals surface area (Å²) in [5.41, 5.74) is 4.80. The third kappa shape index (κ3) is 3.34. The van der Waals surface area contributed by atoms with Crippen molar-refractivity contribution in [1.82, 2.24) is 0 Å². The van der Waals surface area contributed by atoms with Crippen molar-refractivity contribution in [1.29, 1.82) is 0 Å². The van der Waals surface area contributed by atoms with Gasteiger partial charge in [0, 0.05) is 18.7 Å². The summed E-state index contributed by atoms with van der Waals surface area (Å²) in [6.45, 7) is 4.91. The molecule has 0 aromatic heterocycles. The van der Waals surface area contributed by atoms with E-state index >= 15 is 0 Å². The number of hydrogen-bond donors (Lipinski definition) is 1. The lowest BCUT2D eigenvalue weighted by molar-refractivity contribution is -0.119. The van der Waals surface area contributed by atoms with Crippen molar-refractivity contribution in [2.45, 2.75) is 50.3 Å². The summed E-state index contributed by atoms with van der Waals surface area (Å²) < 4.78 is 28.3. The molecule has 0 aliphatic carbocycles. The first-order chi connectivity index (χ1) is 12.8. The Morgan fingerprint density at radius 1 is 1.00 bits per heavy atom. The van der Waals surface area contributed by atoms with E-state index in [0.29, 0.717) is 24.4 Å². The average molecular weight is 385 g/mol. The molecule has 1 amide bonds. The first-order valence-electron chi connectivity index (χ1n) is 9.44. The van der Waals surface area contributed by atoms with Crippen LogP contribution >= 0.6 is 0 Å². The highest BCUT2D eigenvalue weighted by Gasteiger charge is 2.30. The zero-order valence-electron chi connectivity index (χ0n) is 15.7.